The zero-order valence-electron chi connectivity index (χ0n) is 23.3. The van der Waals surface area contributed by atoms with E-state index in [-0.39, 0.29) is 29.8 Å². The average Bonchev–Trinajstić information content (AvgIpc) is 2.87. The van der Waals surface area contributed by atoms with Crippen LogP contribution in [-0.2, 0) is 10.5 Å². The number of carbonyl (C=O) groups excluding carboxylic acids is 2. The van der Waals surface area contributed by atoms with Crippen LogP contribution in [0.4, 0.5) is 15.8 Å². The lowest BCUT2D eigenvalue weighted by Gasteiger charge is -2.37. The molecule has 1 saturated carbocycles. The first kappa shape index (κ1) is 27.6. The molecule has 1 aliphatic carbocycles. The van der Waals surface area contributed by atoms with Crippen molar-refractivity contribution in [2.24, 2.45) is 5.92 Å². The number of rotatable bonds is 7. The van der Waals surface area contributed by atoms with E-state index in [0.717, 1.165) is 47.8 Å². The van der Waals surface area contributed by atoms with Crippen LogP contribution in [0, 0.1) is 12.8 Å². The Kier molecular flexibility index (Phi) is 8.05. The summed E-state index contributed by atoms with van der Waals surface area (Å²) in [7, 11) is 2.08. The number of nitrogens with one attached hydrogen (secondary N) is 2. The van der Waals surface area contributed by atoms with Gasteiger partial charge in [-0.1, -0.05) is 31.5 Å². The highest BCUT2D eigenvalue weighted by Crippen LogP contribution is 2.35. The minimum Gasteiger partial charge on any atom is -0.371 e. The van der Waals surface area contributed by atoms with Crippen molar-refractivity contribution >= 4 is 34.1 Å². The Morgan fingerprint density at radius 2 is 1.76 bits per heavy atom. The van der Waals surface area contributed by atoms with Gasteiger partial charge in [-0.15, -0.1) is 0 Å². The van der Waals surface area contributed by atoms with Crippen molar-refractivity contribution in [3.05, 3.63) is 65.4 Å². The summed E-state index contributed by atoms with van der Waals surface area (Å²) < 4.78 is 14.9. The fourth-order valence-corrected chi connectivity index (χ4v) is 5.02. The summed E-state index contributed by atoms with van der Waals surface area (Å²) in [5.74, 6) is -0.345. The molecule has 3 aromatic rings. The Balaban J connectivity index is 1.43. The van der Waals surface area contributed by atoms with Gasteiger partial charge in [0.25, 0.3) is 5.91 Å². The van der Waals surface area contributed by atoms with Crippen molar-refractivity contribution in [3.63, 3.8) is 0 Å². The van der Waals surface area contributed by atoms with E-state index in [2.05, 4.69) is 40.6 Å². The summed E-state index contributed by atoms with van der Waals surface area (Å²) >= 11 is 0. The maximum Gasteiger partial charge on any atom is 0.251 e. The minimum absolute atomic E-state index is 0.0793. The van der Waals surface area contributed by atoms with Gasteiger partial charge in [-0.05, 0) is 82.9 Å². The molecule has 0 bridgehead atoms. The van der Waals surface area contributed by atoms with Gasteiger partial charge in [0.1, 0.15) is 5.67 Å². The number of anilines is 2. The van der Waals surface area contributed by atoms with Crippen LogP contribution in [0.5, 0.6) is 0 Å². The lowest BCUT2D eigenvalue weighted by molar-refractivity contribution is -0.118. The topological polar surface area (TPSA) is 74.3 Å². The van der Waals surface area contributed by atoms with Crippen LogP contribution in [0.2, 0.25) is 0 Å². The van der Waals surface area contributed by atoms with Gasteiger partial charge >= 0.3 is 0 Å². The first-order chi connectivity index (χ1) is 17.9. The highest BCUT2D eigenvalue weighted by molar-refractivity contribution is 5.97. The zero-order chi connectivity index (χ0) is 27.6. The molecule has 0 spiro atoms. The lowest BCUT2D eigenvalue weighted by Crippen LogP contribution is -2.43. The number of nitrogens with zero attached hydrogens (tertiary/aromatic N) is 2. The number of alkyl halides is 1. The van der Waals surface area contributed by atoms with Gasteiger partial charge in [0.15, 0.2) is 0 Å². The van der Waals surface area contributed by atoms with Crippen molar-refractivity contribution in [1.29, 1.82) is 0 Å². The molecule has 202 valence electrons. The minimum atomic E-state index is -1.54. The fraction of sp³-hybridized carbons (Fsp3) is 0.452. The molecular formula is C31H39FN4O2. The van der Waals surface area contributed by atoms with Gasteiger partial charge in [-0.3, -0.25) is 9.59 Å². The molecule has 7 heteroatoms. The first-order valence-electron chi connectivity index (χ1n) is 13.5. The third kappa shape index (κ3) is 6.32. The van der Waals surface area contributed by atoms with E-state index < -0.39 is 5.67 Å². The molecule has 1 aromatic heterocycles. The van der Waals surface area contributed by atoms with E-state index >= 15 is 0 Å². The van der Waals surface area contributed by atoms with Gasteiger partial charge in [0.2, 0.25) is 5.91 Å². The third-order valence-corrected chi connectivity index (χ3v) is 7.43. The summed E-state index contributed by atoms with van der Waals surface area (Å²) in [6.07, 6.45) is 3.54. The van der Waals surface area contributed by atoms with Crippen molar-refractivity contribution in [1.82, 2.24) is 10.3 Å². The van der Waals surface area contributed by atoms with Crippen LogP contribution in [0.15, 0.2) is 48.5 Å². The van der Waals surface area contributed by atoms with Gasteiger partial charge in [0, 0.05) is 47.4 Å². The van der Waals surface area contributed by atoms with Crippen molar-refractivity contribution < 1.29 is 14.0 Å². The molecule has 0 saturated heterocycles. The summed E-state index contributed by atoms with van der Waals surface area (Å²) in [5, 5.41) is 7.05. The number of hydrogen-bond acceptors (Lipinski definition) is 4. The first-order valence-corrected chi connectivity index (χ1v) is 13.5. The highest BCUT2D eigenvalue weighted by Gasteiger charge is 2.28. The van der Waals surface area contributed by atoms with Crippen LogP contribution in [0.1, 0.15) is 75.0 Å². The van der Waals surface area contributed by atoms with Crippen LogP contribution >= 0.6 is 0 Å². The maximum absolute atomic E-state index is 14.9. The third-order valence-electron chi connectivity index (χ3n) is 7.43. The summed E-state index contributed by atoms with van der Waals surface area (Å²) in [4.78, 5) is 31.8. The van der Waals surface area contributed by atoms with Crippen molar-refractivity contribution in [3.8, 4) is 0 Å². The Bertz CT molecular complexity index is 1320. The molecule has 2 N–H and O–H groups in total. The Morgan fingerprint density at radius 1 is 1.05 bits per heavy atom. The van der Waals surface area contributed by atoms with Crippen LogP contribution in [-0.4, -0.2) is 35.9 Å². The smallest absolute Gasteiger partial charge is 0.251 e. The molecule has 38 heavy (non-hydrogen) atoms. The number of pyridine rings is 1. The summed E-state index contributed by atoms with van der Waals surface area (Å²) in [5.41, 5.74) is 2.98. The molecule has 1 fully saturated rings. The van der Waals surface area contributed by atoms with Crippen LogP contribution in [0.25, 0.3) is 10.9 Å². The predicted octanol–water partition coefficient (Wildman–Crippen LogP) is 6.52. The number of halogens is 1. The predicted molar refractivity (Wildman–Crippen MR) is 152 cm³/mol. The Labute approximate surface area is 225 Å². The Morgan fingerprint density at radius 3 is 2.42 bits per heavy atom. The molecular weight excluding hydrogens is 479 g/mol. The van der Waals surface area contributed by atoms with Crippen LogP contribution in [0.3, 0.4) is 0 Å². The largest absolute Gasteiger partial charge is 0.371 e. The van der Waals surface area contributed by atoms with E-state index in [0.29, 0.717) is 16.9 Å². The molecule has 1 heterocycles. The second kappa shape index (κ2) is 11.1. The Hall–Kier alpha value is -3.48. The quantitative estimate of drug-likeness (QED) is 0.373. The van der Waals surface area contributed by atoms with E-state index in [1.165, 1.54) is 0 Å². The van der Waals surface area contributed by atoms with E-state index in [1.54, 1.807) is 38.1 Å². The standard InChI is InChI=1S/C31H39FN4O2/c1-19(2)29(37)34-23-9-7-8-21(17-23)30(38)33-22-11-13-24(14-12-22)36(6)27-18-28(31(4,5)32)35-26-15-10-20(3)16-25(26)27/h7-10,15-19,22,24H,11-14H2,1-6H3,(H,33,38)(H,34,37). The molecule has 0 atom stereocenters. The average molecular weight is 519 g/mol. The van der Waals surface area contributed by atoms with Gasteiger partial charge in [-0.2, -0.15) is 0 Å². The van der Waals surface area contributed by atoms with E-state index in [1.807, 2.05) is 32.0 Å². The number of aryl methyl sites for hydroxylation is 1. The number of amides is 2. The fourth-order valence-electron chi connectivity index (χ4n) is 5.02. The zero-order valence-corrected chi connectivity index (χ0v) is 23.3. The van der Waals surface area contributed by atoms with Gasteiger partial charge in [0.05, 0.1) is 11.2 Å². The summed E-state index contributed by atoms with van der Waals surface area (Å²) in [6.45, 7) is 8.80. The maximum atomic E-state index is 14.9. The second-order valence-corrected chi connectivity index (χ2v) is 11.3. The number of benzene rings is 2. The number of aromatic nitrogens is 1. The van der Waals surface area contributed by atoms with Crippen molar-refractivity contribution in [2.45, 2.75) is 78.1 Å². The number of carbonyl (C=O) groups is 2. The van der Waals surface area contributed by atoms with Crippen LogP contribution < -0.4 is 15.5 Å². The van der Waals surface area contributed by atoms with Gasteiger partial charge in [-0.25, -0.2) is 9.37 Å². The molecule has 2 amide bonds. The van der Waals surface area contributed by atoms with Gasteiger partial charge < -0.3 is 15.5 Å². The monoisotopic (exact) mass is 518 g/mol. The molecule has 0 radical (unpaired) electrons. The second-order valence-electron chi connectivity index (χ2n) is 11.3. The van der Waals surface area contributed by atoms with E-state index in [9.17, 15) is 14.0 Å². The molecule has 1 aliphatic rings. The molecule has 0 aliphatic heterocycles. The molecule has 2 aromatic carbocycles. The number of fused-ring (bicyclic) bond motifs is 1. The summed E-state index contributed by atoms with van der Waals surface area (Å²) in [6, 6.07) is 15.4. The number of hydrogen-bond donors (Lipinski definition) is 2. The molecule has 0 unspecified atom stereocenters. The normalized spacial score (nSPS) is 17.9. The van der Waals surface area contributed by atoms with Crippen molar-refractivity contribution in [2.75, 3.05) is 17.3 Å². The molecule has 4 rings (SSSR count). The SMILES string of the molecule is Cc1ccc2nc(C(C)(C)F)cc(N(C)C3CCC(NC(=O)c4cccc(NC(=O)C(C)C)c4)CC3)c2c1. The highest BCUT2D eigenvalue weighted by atomic mass is 19.1. The lowest BCUT2D eigenvalue weighted by atomic mass is 9.89. The van der Waals surface area contributed by atoms with E-state index in [4.69, 9.17) is 0 Å². The molecule has 6 nitrogen and oxygen atoms in total.